The maximum atomic E-state index is 14.0. The van der Waals surface area contributed by atoms with E-state index in [1.165, 1.54) is 7.11 Å². The Kier molecular flexibility index (Phi) is 11.9. The largest absolute Gasteiger partial charge is 0.453 e. The van der Waals surface area contributed by atoms with E-state index < -0.39 is 18.1 Å². The van der Waals surface area contributed by atoms with Crippen LogP contribution in [0, 0.1) is 0 Å². The number of rotatable bonds is 12. The summed E-state index contributed by atoms with van der Waals surface area (Å²) in [4.78, 5) is 42.8. The van der Waals surface area contributed by atoms with Crippen LogP contribution in [0.4, 0.5) is 21.1 Å². The zero-order valence-electron chi connectivity index (χ0n) is 26.2. The summed E-state index contributed by atoms with van der Waals surface area (Å²) in [6, 6.07) is 30.9. The summed E-state index contributed by atoms with van der Waals surface area (Å²) in [5.41, 5.74) is 3.38. The number of nitrogens with one attached hydrogen (secondary N) is 5. The molecule has 1 aliphatic rings. The van der Waals surface area contributed by atoms with E-state index in [4.69, 9.17) is 9.47 Å². The van der Waals surface area contributed by atoms with E-state index in [-0.39, 0.29) is 24.1 Å². The van der Waals surface area contributed by atoms with Crippen molar-refractivity contribution in [3.63, 3.8) is 0 Å². The smallest absolute Gasteiger partial charge is 0.407 e. The van der Waals surface area contributed by atoms with Gasteiger partial charge in [-0.05, 0) is 47.7 Å². The lowest BCUT2D eigenvalue weighted by molar-refractivity contribution is -0.118. The fraction of sp³-hybridized carbons (Fsp3) is 0.278. The SMILES string of the molecule is COC(=O)NC(C(=O)Nc1ccccc1CC[C@@H]1CN[C@H](CNC(=O)Nc2ccccn2)CO1)C(c1ccccc1)c1ccccc1. The second-order valence-corrected chi connectivity index (χ2v) is 11.2. The van der Waals surface area contributed by atoms with E-state index in [0.29, 0.717) is 37.6 Å². The Morgan fingerprint density at radius 2 is 1.57 bits per heavy atom. The van der Waals surface area contributed by atoms with Crippen molar-refractivity contribution in [1.82, 2.24) is 20.9 Å². The zero-order valence-corrected chi connectivity index (χ0v) is 26.2. The van der Waals surface area contributed by atoms with Gasteiger partial charge in [-0.15, -0.1) is 0 Å². The maximum absolute atomic E-state index is 14.0. The molecule has 0 radical (unpaired) electrons. The summed E-state index contributed by atoms with van der Waals surface area (Å²) >= 11 is 0. The van der Waals surface area contributed by atoms with Gasteiger partial charge >= 0.3 is 12.1 Å². The van der Waals surface area contributed by atoms with Gasteiger partial charge in [0, 0.05) is 36.9 Å². The lowest BCUT2D eigenvalue weighted by Gasteiger charge is -2.31. The van der Waals surface area contributed by atoms with E-state index >= 15 is 0 Å². The number of urea groups is 1. The quantitative estimate of drug-likeness (QED) is 0.152. The standard InChI is InChI=1S/C36H40N6O5/c1-46-36(45)42-33(32(26-13-4-2-5-14-26)27-15-6-3-7-16-27)34(43)40-30-17-9-8-12-25(30)19-20-29-23-38-28(24-47-29)22-39-35(44)41-31-18-10-11-21-37-31/h2-18,21,28-29,32-33,38H,19-20,22-24H2,1H3,(H,40,43)(H,42,45)(H2,37,39,41,44)/t28-,29-,33?/m1/s1. The number of alkyl carbamates (subject to hydrolysis) is 1. The number of hydrogen-bond acceptors (Lipinski definition) is 7. The first-order valence-electron chi connectivity index (χ1n) is 15.6. The van der Waals surface area contributed by atoms with Crippen LogP contribution in [-0.2, 0) is 20.7 Å². The molecule has 47 heavy (non-hydrogen) atoms. The number of carbonyl (C=O) groups excluding carboxylic acids is 3. The average molecular weight is 637 g/mol. The van der Waals surface area contributed by atoms with E-state index in [0.717, 1.165) is 23.1 Å². The van der Waals surface area contributed by atoms with Gasteiger partial charge in [-0.25, -0.2) is 14.6 Å². The van der Waals surface area contributed by atoms with Gasteiger partial charge in [0.25, 0.3) is 0 Å². The van der Waals surface area contributed by atoms with Crippen LogP contribution in [-0.4, -0.2) is 68.0 Å². The van der Waals surface area contributed by atoms with Gasteiger partial charge < -0.3 is 30.7 Å². The van der Waals surface area contributed by atoms with E-state index in [1.807, 2.05) is 84.9 Å². The molecule has 0 saturated carbocycles. The summed E-state index contributed by atoms with van der Waals surface area (Å²) in [6.45, 7) is 1.49. The van der Waals surface area contributed by atoms with Crippen LogP contribution in [0.5, 0.6) is 0 Å². The number of pyridine rings is 1. The lowest BCUT2D eigenvalue weighted by Crippen LogP contribution is -2.52. The third-order valence-electron chi connectivity index (χ3n) is 7.99. The van der Waals surface area contributed by atoms with Crippen LogP contribution in [0.2, 0.25) is 0 Å². The average Bonchev–Trinajstić information content (AvgIpc) is 3.11. The molecular formula is C36H40N6O5. The number of hydrogen-bond donors (Lipinski definition) is 5. The van der Waals surface area contributed by atoms with Crippen molar-refractivity contribution in [2.24, 2.45) is 0 Å². The molecular weight excluding hydrogens is 596 g/mol. The molecule has 1 fully saturated rings. The fourth-order valence-electron chi connectivity index (χ4n) is 5.57. The topological polar surface area (TPSA) is 143 Å². The van der Waals surface area contributed by atoms with Gasteiger partial charge in [0.1, 0.15) is 11.9 Å². The first-order valence-corrected chi connectivity index (χ1v) is 15.6. The van der Waals surface area contributed by atoms with Crippen molar-refractivity contribution in [1.29, 1.82) is 0 Å². The van der Waals surface area contributed by atoms with Gasteiger partial charge in [-0.2, -0.15) is 0 Å². The van der Waals surface area contributed by atoms with Gasteiger partial charge in [-0.1, -0.05) is 84.9 Å². The van der Waals surface area contributed by atoms with Crippen LogP contribution in [0.15, 0.2) is 109 Å². The molecule has 3 atom stereocenters. The van der Waals surface area contributed by atoms with Crippen molar-refractivity contribution in [3.05, 3.63) is 126 Å². The minimum Gasteiger partial charge on any atom is -0.453 e. The molecule has 1 aliphatic heterocycles. The first kappa shape index (κ1) is 33.1. The predicted octanol–water partition coefficient (Wildman–Crippen LogP) is 4.69. The molecule has 2 heterocycles. The number of para-hydroxylation sites is 1. The van der Waals surface area contributed by atoms with Crippen molar-refractivity contribution >= 4 is 29.5 Å². The minimum atomic E-state index is -0.956. The van der Waals surface area contributed by atoms with Gasteiger partial charge in [0.2, 0.25) is 5.91 Å². The first-order chi connectivity index (χ1) is 23.0. The maximum Gasteiger partial charge on any atom is 0.407 e. The molecule has 11 heteroatoms. The van der Waals surface area contributed by atoms with Crippen LogP contribution >= 0.6 is 0 Å². The number of methoxy groups -OCH3 is 1. The summed E-state index contributed by atoms with van der Waals surface area (Å²) in [7, 11) is 1.28. The molecule has 5 N–H and O–H groups in total. The Morgan fingerprint density at radius 1 is 0.894 bits per heavy atom. The molecule has 5 rings (SSSR count). The Morgan fingerprint density at radius 3 is 2.21 bits per heavy atom. The Labute approximate surface area is 274 Å². The van der Waals surface area contributed by atoms with E-state index in [2.05, 4.69) is 31.6 Å². The molecule has 1 saturated heterocycles. The van der Waals surface area contributed by atoms with E-state index in [1.54, 1.807) is 24.4 Å². The third-order valence-corrected chi connectivity index (χ3v) is 7.99. The second kappa shape index (κ2) is 16.9. The number of ether oxygens (including phenoxy) is 2. The predicted molar refractivity (Wildman–Crippen MR) is 180 cm³/mol. The number of aromatic nitrogens is 1. The molecule has 244 valence electrons. The molecule has 0 aliphatic carbocycles. The highest BCUT2D eigenvalue weighted by Crippen LogP contribution is 2.30. The highest BCUT2D eigenvalue weighted by molar-refractivity contribution is 5.98. The monoisotopic (exact) mass is 636 g/mol. The number of anilines is 2. The van der Waals surface area contributed by atoms with Crippen LogP contribution < -0.4 is 26.6 Å². The highest BCUT2D eigenvalue weighted by Gasteiger charge is 2.33. The summed E-state index contributed by atoms with van der Waals surface area (Å²) in [5.74, 6) is -0.343. The van der Waals surface area contributed by atoms with Crippen LogP contribution in [0.25, 0.3) is 0 Å². The third kappa shape index (κ3) is 9.62. The minimum absolute atomic E-state index is 0.0197. The zero-order chi connectivity index (χ0) is 32.8. The van der Waals surface area contributed by atoms with Crippen LogP contribution in [0.1, 0.15) is 29.0 Å². The van der Waals surface area contributed by atoms with Gasteiger partial charge in [0.15, 0.2) is 0 Å². The normalized spacial score (nSPS) is 16.5. The Hall–Kier alpha value is -5.26. The summed E-state index contributed by atoms with van der Waals surface area (Å²) in [5, 5.41) is 14.9. The van der Waals surface area contributed by atoms with E-state index in [9.17, 15) is 14.4 Å². The lowest BCUT2D eigenvalue weighted by atomic mass is 9.84. The van der Waals surface area contributed by atoms with Crippen molar-refractivity contribution < 1.29 is 23.9 Å². The number of benzene rings is 3. The summed E-state index contributed by atoms with van der Waals surface area (Å²) < 4.78 is 11.0. The number of aryl methyl sites for hydroxylation is 1. The molecule has 1 unspecified atom stereocenters. The number of amides is 4. The number of morpholine rings is 1. The van der Waals surface area contributed by atoms with Gasteiger partial charge in [-0.3, -0.25) is 10.1 Å². The highest BCUT2D eigenvalue weighted by atomic mass is 16.5. The fourth-order valence-corrected chi connectivity index (χ4v) is 5.57. The summed E-state index contributed by atoms with van der Waals surface area (Å²) in [6.07, 6.45) is 2.27. The second-order valence-electron chi connectivity index (χ2n) is 11.2. The van der Waals surface area contributed by atoms with Gasteiger partial charge in [0.05, 0.1) is 19.8 Å². The van der Waals surface area contributed by atoms with Crippen molar-refractivity contribution in [3.8, 4) is 0 Å². The van der Waals surface area contributed by atoms with Crippen molar-refractivity contribution in [2.45, 2.75) is 36.9 Å². The molecule has 1 aromatic heterocycles. The molecule has 4 aromatic rings. The Bertz CT molecular complexity index is 1540. The van der Waals surface area contributed by atoms with Crippen LogP contribution in [0.3, 0.4) is 0 Å². The Balaban J connectivity index is 1.19. The molecule has 3 aromatic carbocycles. The molecule has 4 amide bonds. The molecule has 11 nitrogen and oxygen atoms in total. The molecule has 0 bridgehead atoms. The number of nitrogens with zero attached hydrogens (tertiary/aromatic N) is 1. The van der Waals surface area contributed by atoms with Crippen molar-refractivity contribution in [2.75, 3.05) is 37.4 Å². The number of carbonyl (C=O) groups is 3. The molecule has 0 spiro atoms.